The summed E-state index contributed by atoms with van der Waals surface area (Å²) in [7, 11) is 0. The summed E-state index contributed by atoms with van der Waals surface area (Å²) in [6.07, 6.45) is 1.39. The van der Waals surface area contributed by atoms with Crippen molar-refractivity contribution in [3.8, 4) is 0 Å². The molecule has 1 fully saturated rings. The van der Waals surface area contributed by atoms with Crippen molar-refractivity contribution < 1.29 is 9.59 Å². The van der Waals surface area contributed by atoms with E-state index in [1.807, 2.05) is 19.1 Å². The number of carbonyl (C=O) groups is 2. The second-order valence-electron chi connectivity index (χ2n) is 5.64. The molecule has 1 unspecified atom stereocenters. The highest BCUT2D eigenvalue weighted by molar-refractivity contribution is 5.97. The number of benzene rings is 1. The number of hydrogen-bond acceptors (Lipinski definition) is 2. The van der Waals surface area contributed by atoms with Gasteiger partial charge in [0.1, 0.15) is 5.54 Å². The minimum absolute atomic E-state index is 0.0215. The molecule has 1 atom stereocenters. The van der Waals surface area contributed by atoms with E-state index in [-0.39, 0.29) is 18.4 Å². The maximum Gasteiger partial charge on any atom is 0.248 e. The Balaban J connectivity index is 2.07. The third-order valence-electron chi connectivity index (χ3n) is 4.13. The van der Waals surface area contributed by atoms with Crippen LogP contribution in [0.15, 0.2) is 24.3 Å². The molecule has 20 heavy (non-hydrogen) atoms. The van der Waals surface area contributed by atoms with Crippen LogP contribution in [-0.2, 0) is 16.0 Å². The number of rotatable bonds is 4. The summed E-state index contributed by atoms with van der Waals surface area (Å²) in [6.45, 7) is 6.54. The van der Waals surface area contributed by atoms with Crippen LogP contribution in [0, 0.1) is 6.92 Å². The molecule has 2 amide bonds. The monoisotopic (exact) mass is 274 g/mol. The van der Waals surface area contributed by atoms with Crippen LogP contribution >= 0.6 is 0 Å². The lowest BCUT2D eigenvalue weighted by Gasteiger charge is -2.39. The quantitative estimate of drug-likeness (QED) is 0.908. The maximum absolute atomic E-state index is 12.4. The number of piperazine rings is 1. The van der Waals surface area contributed by atoms with Crippen molar-refractivity contribution in [3.05, 3.63) is 35.4 Å². The largest absolute Gasteiger partial charge is 0.340 e. The van der Waals surface area contributed by atoms with Crippen molar-refractivity contribution in [2.24, 2.45) is 0 Å². The Morgan fingerprint density at radius 3 is 2.65 bits per heavy atom. The lowest BCUT2D eigenvalue weighted by Crippen LogP contribution is -2.65. The standard InChI is InChI=1S/C16H22N2O2/c1-4-16(3)15(20)18(11-14(19)17-16)10-9-13-8-6-5-7-12(13)2/h5-8H,4,9-11H2,1-3H3,(H,17,19). The fourth-order valence-electron chi connectivity index (χ4n) is 2.56. The predicted molar refractivity (Wildman–Crippen MR) is 78.3 cm³/mol. The molecule has 1 heterocycles. The van der Waals surface area contributed by atoms with E-state index in [4.69, 9.17) is 0 Å². The van der Waals surface area contributed by atoms with Crippen molar-refractivity contribution in [2.75, 3.05) is 13.1 Å². The van der Waals surface area contributed by atoms with E-state index in [0.717, 1.165) is 6.42 Å². The van der Waals surface area contributed by atoms with Gasteiger partial charge in [-0.05, 0) is 37.8 Å². The molecule has 0 bridgehead atoms. The molecule has 0 radical (unpaired) electrons. The van der Waals surface area contributed by atoms with Gasteiger partial charge in [-0.2, -0.15) is 0 Å². The first-order valence-corrected chi connectivity index (χ1v) is 7.11. The predicted octanol–water partition coefficient (Wildman–Crippen LogP) is 1.66. The van der Waals surface area contributed by atoms with Crippen LogP contribution in [0.2, 0.25) is 0 Å². The summed E-state index contributed by atoms with van der Waals surface area (Å²) < 4.78 is 0. The van der Waals surface area contributed by atoms with Gasteiger partial charge >= 0.3 is 0 Å². The van der Waals surface area contributed by atoms with Gasteiger partial charge in [0.2, 0.25) is 11.8 Å². The molecule has 0 saturated carbocycles. The van der Waals surface area contributed by atoms with Crippen molar-refractivity contribution in [3.63, 3.8) is 0 Å². The molecule has 4 nitrogen and oxygen atoms in total. The summed E-state index contributed by atoms with van der Waals surface area (Å²) in [6, 6.07) is 8.15. The molecule has 1 saturated heterocycles. The fraction of sp³-hybridized carbons (Fsp3) is 0.500. The molecule has 4 heteroatoms. The van der Waals surface area contributed by atoms with E-state index >= 15 is 0 Å². The summed E-state index contributed by atoms with van der Waals surface area (Å²) in [4.78, 5) is 25.9. The van der Waals surface area contributed by atoms with E-state index in [0.29, 0.717) is 13.0 Å². The van der Waals surface area contributed by atoms with Gasteiger partial charge in [-0.15, -0.1) is 0 Å². The van der Waals surface area contributed by atoms with Gasteiger partial charge in [0.05, 0.1) is 6.54 Å². The molecule has 1 N–H and O–H groups in total. The van der Waals surface area contributed by atoms with Gasteiger partial charge in [-0.25, -0.2) is 0 Å². The molecule has 0 aromatic heterocycles. The van der Waals surface area contributed by atoms with Crippen LogP contribution in [0.25, 0.3) is 0 Å². The lowest BCUT2D eigenvalue weighted by atomic mass is 9.94. The molecular weight excluding hydrogens is 252 g/mol. The number of aryl methyl sites for hydroxylation is 1. The van der Waals surface area contributed by atoms with Crippen LogP contribution in [-0.4, -0.2) is 35.3 Å². The molecule has 1 aromatic rings. The van der Waals surface area contributed by atoms with Crippen LogP contribution in [0.5, 0.6) is 0 Å². The highest BCUT2D eigenvalue weighted by Gasteiger charge is 2.41. The van der Waals surface area contributed by atoms with Crippen molar-refractivity contribution >= 4 is 11.8 Å². The Morgan fingerprint density at radius 1 is 1.30 bits per heavy atom. The maximum atomic E-state index is 12.4. The first-order chi connectivity index (χ1) is 9.46. The van der Waals surface area contributed by atoms with Crippen LogP contribution in [0.3, 0.4) is 0 Å². The molecule has 0 aliphatic carbocycles. The molecule has 0 spiro atoms. The van der Waals surface area contributed by atoms with Crippen molar-refractivity contribution in [1.29, 1.82) is 0 Å². The molecule has 2 rings (SSSR count). The van der Waals surface area contributed by atoms with E-state index < -0.39 is 5.54 Å². The van der Waals surface area contributed by atoms with Crippen LogP contribution in [0.1, 0.15) is 31.4 Å². The summed E-state index contributed by atoms with van der Waals surface area (Å²) in [5, 5.41) is 2.80. The lowest BCUT2D eigenvalue weighted by molar-refractivity contribution is -0.149. The average Bonchev–Trinajstić information content (AvgIpc) is 2.43. The van der Waals surface area contributed by atoms with E-state index in [9.17, 15) is 9.59 Å². The SMILES string of the molecule is CCC1(C)NC(=O)CN(CCc2ccccc2C)C1=O. The second kappa shape index (κ2) is 5.65. The highest BCUT2D eigenvalue weighted by atomic mass is 16.2. The Kier molecular flexibility index (Phi) is 4.12. The minimum Gasteiger partial charge on any atom is -0.340 e. The van der Waals surface area contributed by atoms with Gasteiger partial charge in [-0.1, -0.05) is 31.2 Å². The van der Waals surface area contributed by atoms with Gasteiger partial charge in [0.25, 0.3) is 0 Å². The molecular formula is C16H22N2O2. The number of carbonyl (C=O) groups excluding carboxylic acids is 2. The summed E-state index contributed by atoms with van der Waals surface area (Å²) >= 11 is 0. The number of amides is 2. The minimum atomic E-state index is -0.749. The Labute approximate surface area is 120 Å². The summed E-state index contributed by atoms with van der Waals surface area (Å²) in [5.74, 6) is -0.0492. The average molecular weight is 274 g/mol. The van der Waals surface area contributed by atoms with Gasteiger partial charge in [0.15, 0.2) is 0 Å². The highest BCUT2D eigenvalue weighted by Crippen LogP contribution is 2.18. The van der Waals surface area contributed by atoms with Gasteiger partial charge in [-0.3, -0.25) is 9.59 Å². The molecule has 1 aliphatic rings. The Bertz CT molecular complexity index is 527. The Hall–Kier alpha value is -1.84. The number of nitrogens with one attached hydrogen (secondary N) is 1. The number of nitrogens with zero attached hydrogens (tertiary/aromatic N) is 1. The third kappa shape index (κ3) is 2.84. The topological polar surface area (TPSA) is 49.4 Å². The third-order valence-corrected chi connectivity index (χ3v) is 4.13. The zero-order valence-corrected chi connectivity index (χ0v) is 12.4. The van der Waals surface area contributed by atoms with Gasteiger partial charge < -0.3 is 10.2 Å². The van der Waals surface area contributed by atoms with Crippen molar-refractivity contribution in [2.45, 2.75) is 39.2 Å². The first-order valence-electron chi connectivity index (χ1n) is 7.11. The Morgan fingerprint density at radius 2 is 2.00 bits per heavy atom. The second-order valence-corrected chi connectivity index (χ2v) is 5.64. The molecule has 1 aliphatic heterocycles. The molecule has 1 aromatic carbocycles. The number of hydrogen-bond donors (Lipinski definition) is 1. The van der Waals surface area contributed by atoms with Crippen LogP contribution < -0.4 is 5.32 Å². The van der Waals surface area contributed by atoms with Crippen molar-refractivity contribution in [1.82, 2.24) is 10.2 Å². The van der Waals surface area contributed by atoms with E-state index in [1.54, 1.807) is 11.8 Å². The smallest absolute Gasteiger partial charge is 0.248 e. The zero-order valence-electron chi connectivity index (χ0n) is 12.4. The first kappa shape index (κ1) is 14.6. The van der Waals surface area contributed by atoms with E-state index in [1.165, 1.54) is 11.1 Å². The van der Waals surface area contributed by atoms with Crippen LogP contribution in [0.4, 0.5) is 0 Å². The normalized spacial score (nSPS) is 22.9. The fourth-order valence-corrected chi connectivity index (χ4v) is 2.56. The molecule has 108 valence electrons. The van der Waals surface area contributed by atoms with Gasteiger partial charge in [0, 0.05) is 6.54 Å². The summed E-state index contributed by atoms with van der Waals surface area (Å²) in [5.41, 5.74) is 1.70. The zero-order chi connectivity index (χ0) is 14.8. The van der Waals surface area contributed by atoms with E-state index in [2.05, 4.69) is 24.4 Å².